The molecule has 2 atom stereocenters. The number of nitrogens with zero attached hydrogens (tertiary/aromatic N) is 1. The molecule has 0 aromatic carbocycles. The van der Waals surface area contributed by atoms with Crippen LogP contribution in [-0.4, -0.2) is 61.7 Å². The lowest BCUT2D eigenvalue weighted by atomic mass is 10.1. The molecule has 0 saturated carbocycles. The van der Waals surface area contributed by atoms with Crippen LogP contribution in [0.25, 0.3) is 0 Å². The normalized spacial score (nSPS) is 22.0. The fourth-order valence-corrected chi connectivity index (χ4v) is 2.88. The van der Waals surface area contributed by atoms with Gasteiger partial charge in [-0.1, -0.05) is 0 Å². The standard InChI is InChI=1S/C10H19N3O5S/c1-19(17,18)12-7-3-2-4-13(6-7)10(16)8(11)5-9(14)15/h7-8,12H,2-6,11H2,1H3,(H,14,15). The SMILES string of the molecule is CS(=O)(=O)NC1CCCN(C(=O)C(N)CC(=O)O)C1. The van der Waals surface area contributed by atoms with Gasteiger partial charge in [-0.15, -0.1) is 0 Å². The predicted octanol–water partition coefficient (Wildman–Crippen LogP) is -1.67. The van der Waals surface area contributed by atoms with E-state index in [1.54, 1.807) is 0 Å². The number of hydrogen-bond donors (Lipinski definition) is 3. The molecule has 0 radical (unpaired) electrons. The number of sulfonamides is 1. The van der Waals surface area contributed by atoms with Crippen LogP contribution < -0.4 is 10.5 Å². The summed E-state index contributed by atoms with van der Waals surface area (Å²) in [6.07, 6.45) is 1.92. The molecule has 1 aliphatic rings. The Bertz CT molecular complexity index is 450. The molecule has 0 aromatic rings. The number of nitrogens with two attached hydrogens (primary N) is 1. The minimum atomic E-state index is -3.33. The molecular formula is C10H19N3O5S. The number of hydrogen-bond acceptors (Lipinski definition) is 5. The van der Waals surface area contributed by atoms with E-state index in [2.05, 4.69) is 4.72 Å². The maximum Gasteiger partial charge on any atom is 0.305 e. The van der Waals surface area contributed by atoms with E-state index in [1.165, 1.54) is 4.90 Å². The summed E-state index contributed by atoms with van der Waals surface area (Å²) in [7, 11) is -3.33. The van der Waals surface area contributed by atoms with Gasteiger partial charge in [0.05, 0.1) is 18.7 Å². The van der Waals surface area contributed by atoms with Crippen LogP contribution in [0.2, 0.25) is 0 Å². The van der Waals surface area contributed by atoms with Crippen LogP contribution in [-0.2, 0) is 19.6 Å². The summed E-state index contributed by atoms with van der Waals surface area (Å²) in [6.45, 7) is 0.688. The second-order valence-electron chi connectivity index (χ2n) is 4.72. The lowest BCUT2D eigenvalue weighted by molar-refractivity contribution is -0.142. The highest BCUT2D eigenvalue weighted by molar-refractivity contribution is 7.88. The van der Waals surface area contributed by atoms with Gasteiger partial charge in [0.15, 0.2) is 0 Å². The van der Waals surface area contributed by atoms with E-state index < -0.39 is 34.4 Å². The average Bonchev–Trinajstić information content (AvgIpc) is 2.25. The third kappa shape index (κ3) is 5.53. The number of carboxylic acid groups (broad SMARTS) is 1. The van der Waals surface area contributed by atoms with Gasteiger partial charge in [0.25, 0.3) is 0 Å². The van der Waals surface area contributed by atoms with Gasteiger partial charge in [-0.25, -0.2) is 13.1 Å². The zero-order valence-corrected chi connectivity index (χ0v) is 11.5. The molecule has 1 heterocycles. The molecular weight excluding hydrogens is 274 g/mol. The molecule has 110 valence electrons. The number of rotatable bonds is 5. The first-order chi connectivity index (χ1) is 8.69. The second kappa shape index (κ2) is 6.31. The minimum Gasteiger partial charge on any atom is -0.481 e. The Morgan fingerprint density at radius 2 is 2.16 bits per heavy atom. The second-order valence-corrected chi connectivity index (χ2v) is 6.50. The topological polar surface area (TPSA) is 130 Å². The zero-order valence-electron chi connectivity index (χ0n) is 10.7. The molecule has 1 amide bonds. The summed E-state index contributed by atoms with van der Waals surface area (Å²) in [5.74, 6) is -1.59. The Morgan fingerprint density at radius 3 is 2.68 bits per heavy atom. The Kier molecular flexibility index (Phi) is 5.27. The van der Waals surface area contributed by atoms with Crippen molar-refractivity contribution in [2.24, 2.45) is 5.73 Å². The lowest BCUT2D eigenvalue weighted by Crippen LogP contribution is -2.53. The molecule has 0 spiro atoms. The molecule has 4 N–H and O–H groups in total. The van der Waals surface area contributed by atoms with E-state index in [1.807, 2.05) is 0 Å². The zero-order chi connectivity index (χ0) is 14.6. The quantitative estimate of drug-likeness (QED) is 0.555. The van der Waals surface area contributed by atoms with Gasteiger partial charge in [0, 0.05) is 19.1 Å². The molecule has 1 fully saturated rings. The molecule has 0 bridgehead atoms. The Labute approximate surface area is 112 Å². The fraction of sp³-hybridized carbons (Fsp3) is 0.800. The molecule has 8 nitrogen and oxygen atoms in total. The first kappa shape index (κ1) is 15.9. The first-order valence-electron chi connectivity index (χ1n) is 5.92. The third-order valence-electron chi connectivity index (χ3n) is 2.83. The molecule has 2 unspecified atom stereocenters. The summed E-state index contributed by atoms with van der Waals surface area (Å²) in [5, 5.41) is 8.59. The van der Waals surface area contributed by atoms with Crippen molar-refractivity contribution in [3.05, 3.63) is 0 Å². The molecule has 19 heavy (non-hydrogen) atoms. The maximum atomic E-state index is 11.9. The number of nitrogens with one attached hydrogen (secondary N) is 1. The van der Waals surface area contributed by atoms with E-state index in [4.69, 9.17) is 10.8 Å². The maximum absolute atomic E-state index is 11.9. The van der Waals surface area contributed by atoms with E-state index in [0.29, 0.717) is 19.4 Å². The molecule has 0 aromatic heterocycles. The fourth-order valence-electron chi connectivity index (χ4n) is 2.09. The van der Waals surface area contributed by atoms with Crippen molar-refractivity contribution in [1.82, 2.24) is 9.62 Å². The van der Waals surface area contributed by atoms with Crippen molar-refractivity contribution >= 4 is 21.9 Å². The van der Waals surface area contributed by atoms with Gasteiger partial charge in [-0.05, 0) is 12.8 Å². The number of aliphatic carboxylic acids is 1. The van der Waals surface area contributed by atoms with Gasteiger partial charge < -0.3 is 15.7 Å². The number of piperidine rings is 1. The number of carbonyl (C=O) groups excluding carboxylic acids is 1. The predicted molar refractivity (Wildman–Crippen MR) is 67.8 cm³/mol. The molecule has 9 heteroatoms. The van der Waals surface area contributed by atoms with Gasteiger partial charge >= 0.3 is 5.97 Å². The van der Waals surface area contributed by atoms with Crippen molar-refractivity contribution in [1.29, 1.82) is 0 Å². The van der Waals surface area contributed by atoms with Crippen LogP contribution in [0, 0.1) is 0 Å². The monoisotopic (exact) mass is 293 g/mol. The number of carboxylic acids is 1. The Hall–Kier alpha value is -1.19. The smallest absolute Gasteiger partial charge is 0.305 e. The highest BCUT2D eigenvalue weighted by Crippen LogP contribution is 2.12. The minimum absolute atomic E-state index is 0.221. The van der Waals surface area contributed by atoms with Gasteiger partial charge in [0.1, 0.15) is 0 Å². The van der Waals surface area contributed by atoms with Crippen LogP contribution >= 0.6 is 0 Å². The van der Waals surface area contributed by atoms with Crippen molar-refractivity contribution in [2.45, 2.75) is 31.3 Å². The van der Waals surface area contributed by atoms with Crippen LogP contribution in [0.15, 0.2) is 0 Å². The molecule has 0 aliphatic carbocycles. The van der Waals surface area contributed by atoms with Crippen LogP contribution in [0.3, 0.4) is 0 Å². The highest BCUT2D eigenvalue weighted by Gasteiger charge is 2.29. The largest absolute Gasteiger partial charge is 0.481 e. The van der Waals surface area contributed by atoms with Crippen molar-refractivity contribution < 1.29 is 23.1 Å². The van der Waals surface area contributed by atoms with Gasteiger partial charge in [-0.2, -0.15) is 0 Å². The van der Waals surface area contributed by atoms with Crippen LogP contribution in [0.4, 0.5) is 0 Å². The van der Waals surface area contributed by atoms with Crippen LogP contribution in [0.1, 0.15) is 19.3 Å². The number of carbonyl (C=O) groups is 2. The summed E-state index contributed by atoms with van der Waals surface area (Å²) in [4.78, 5) is 23.8. The van der Waals surface area contributed by atoms with Crippen molar-refractivity contribution in [3.63, 3.8) is 0 Å². The molecule has 1 saturated heterocycles. The van der Waals surface area contributed by atoms with Gasteiger partial charge in [-0.3, -0.25) is 9.59 Å². The van der Waals surface area contributed by atoms with Crippen molar-refractivity contribution in [3.8, 4) is 0 Å². The molecule has 1 rings (SSSR count). The summed E-state index contributed by atoms with van der Waals surface area (Å²) in [6, 6.07) is -1.43. The first-order valence-corrected chi connectivity index (χ1v) is 7.81. The average molecular weight is 293 g/mol. The lowest BCUT2D eigenvalue weighted by Gasteiger charge is -2.34. The number of amides is 1. The van der Waals surface area contributed by atoms with Crippen LogP contribution in [0.5, 0.6) is 0 Å². The number of likely N-dealkylation sites (tertiary alicyclic amines) is 1. The van der Waals surface area contributed by atoms with E-state index in [0.717, 1.165) is 6.26 Å². The summed E-state index contributed by atoms with van der Waals surface area (Å²) < 4.78 is 24.7. The highest BCUT2D eigenvalue weighted by atomic mass is 32.2. The summed E-state index contributed by atoms with van der Waals surface area (Å²) in [5.41, 5.74) is 5.51. The van der Waals surface area contributed by atoms with Crippen molar-refractivity contribution in [2.75, 3.05) is 19.3 Å². The van der Waals surface area contributed by atoms with E-state index >= 15 is 0 Å². The molecule has 1 aliphatic heterocycles. The van der Waals surface area contributed by atoms with Gasteiger partial charge in [0.2, 0.25) is 15.9 Å². The van der Waals surface area contributed by atoms with E-state index in [9.17, 15) is 18.0 Å². The third-order valence-corrected chi connectivity index (χ3v) is 3.59. The van der Waals surface area contributed by atoms with E-state index in [-0.39, 0.29) is 12.6 Å². The summed E-state index contributed by atoms with van der Waals surface area (Å²) >= 11 is 0. The Balaban J connectivity index is 2.59. The Morgan fingerprint density at radius 1 is 1.53 bits per heavy atom.